The molecule has 0 atom stereocenters. The molecule has 3 rings (SSSR count). The second-order valence-corrected chi connectivity index (χ2v) is 7.79. The monoisotopic (exact) mass is 374 g/mol. The van der Waals surface area contributed by atoms with Crippen molar-refractivity contribution in [1.29, 1.82) is 0 Å². The second kappa shape index (κ2) is 7.62. The Morgan fingerprint density at radius 2 is 1.74 bits per heavy atom. The van der Waals surface area contributed by atoms with E-state index < -0.39 is 5.54 Å². The summed E-state index contributed by atoms with van der Waals surface area (Å²) in [5, 5.41) is 22.4. The van der Waals surface area contributed by atoms with E-state index in [0.717, 1.165) is 22.3 Å². The smallest absolute Gasteiger partial charge is 0.258 e. The second-order valence-electron chi connectivity index (χ2n) is 7.79. The minimum Gasteiger partial charge on any atom is -0.509 e. The molecule has 6 heteroatoms. The van der Waals surface area contributed by atoms with Gasteiger partial charge in [-0.25, -0.2) is 0 Å². The number of nitrogens with zero attached hydrogens (tertiary/aromatic N) is 2. The lowest BCUT2D eigenvalue weighted by Crippen LogP contribution is -2.55. The zero-order valence-electron chi connectivity index (χ0n) is 16.7. The lowest BCUT2D eigenvalue weighted by atomic mass is 9.84. The SMILES string of the molecule is COCCCN1C(=O)C(c2c(C)cc(C)cc2C)=C(O)C12CCN(O)CC2. The lowest BCUT2D eigenvalue weighted by molar-refractivity contribution is -0.144. The summed E-state index contributed by atoms with van der Waals surface area (Å²) in [6, 6.07) is 4.10. The van der Waals surface area contributed by atoms with Crippen molar-refractivity contribution >= 4 is 11.5 Å². The number of benzene rings is 1. The number of hydroxylamine groups is 2. The summed E-state index contributed by atoms with van der Waals surface area (Å²) < 4.78 is 5.16. The van der Waals surface area contributed by atoms with Crippen LogP contribution in [0.3, 0.4) is 0 Å². The van der Waals surface area contributed by atoms with Crippen LogP contribution in [0.25, 0.3) is 5.57 Å². The molecule has 1 fully saturated rings. The summed E-state index contributed by atoms with van der Waals surface area (Å²) >= 11 is 0. The predicted molar refractivity (Wildman–Crippen MR) is 104 cm³/mol. The number of carbonyl (C=O) groups excluding carboxylic acids is 1. The highest BCUT2D eigenvalue weighted by molar-refractivity contribution is 6.23. The molecule has 2 aliphatic heterocycles. The topological polar surface area (TPSA) is 73.2 Å². The van der Waals surface area contributed by atoms with Crippen molar-refractivity contribution in [2.45, 2.75) is 45.6 Å². The van der Waals surface area contributed by atoms with Crippen LogP contribution >= 0.6 is 0 Å². The van der Waals surface area contributed by atoms with Gasteiger partial charge in [-0.05, 0) is 56.7 Å². The van der Waals surface area contributed by atoms with E-state index in [1.54, 1.807) is 7.11 Å². The third-order valence-corrected chi connectivity index (χ3v) is 5.88. The molecule has 0 aliphatic carbocycles. The van der Waals surface area contributed by atoms with Crippen LogP contribution in [0.1, 0.15) is 41.5 Å². The van der Waals surface area contributed by atoms with E-state index in [2.05, 4.69) is 0 Å². The molecule has 148 valence electrons. The minimum absolute atomic E-state index is 0.120. The van der Waals surface area contributed by atoms with Gasteiger partial charge in [0.05, 0.1) is 5.57 Å². The molecule has 1 aromatic rings. The number of methoxy groups -OCH3 is 1. The van der Waals surface area contributed by atoms with E-state index in [-0.39, 0.29) is 11.7 Å². The van der Waals surface area contributed by atoms with E-state index >= 15 is 0 Å². The number of aliphatic hydroxyl groups excluding tert-OH is 1. The summed E-state index contributed by atoms with van der Waals surface area (Å²) in [5.41, 5.74) is 3.66. The average Bonchev–Trinajstić information content (AvgIpc) is 2.79. The summed E-state index contributed by atoms with van der Waals surface area (Å²) in [4.78, 5) is 15.3. The number of aryl methyl sites for hydroxylation is 3. The fourth-order valence-electron chi connectivity index (χ4n) is 4.64. The number of piperidine rings is 1. The Hall–Kier alpha value is -1.89. The van der Waals surface area contributed by atoms with Gasteiger partial charge in [-0.3, -0.25) is 4.79 Å². The first kappa shape index (κ1) is 19.9. The first-order valence-corrected chi connectivity index (χ1v) is 9.58. The summed E-state index contributed by atoms with van der Waals surface area (Å²) in [6.07, 6.45) is 1.74. The van der Waals surface area contributed by atoms with Crippen LogP contribution in [0, 0.1) is 20.8 Å². The fraction of sp³-hybridized carbons (Fsp3) is 0.571. The zero-order valence-corrected chi connectivity index (χ0v) is 16.7. The van der Waals surface area contributed by atoms with Gasteiger partial charge in [0, 0.05) is 33.4 Å². The van der Waals surface area contributed by atoms with Gasteiger partial charge in [-0.2, -0.15) is 5.06 Å². The molecular weight excluding hydrogens is 344 g/mol. The van der Waals surface area contributed by atoms with Crippen molar-refractivity contribution in [1.82, 2.24) is 9.96 Å². The summed E-state index contributed by atoms with van der Waals surface area (Å²) in [6.45, 7) is 7.94. The molecule has 2 heterocycles. The number of amides is 1. The third kappa shape index (κ3) is 3.37. The molecule has 2 N–H and O–H groups in total. The zero-order chi connectivity index (χ0) is 19.8. The van der Waals surface area contributed by atoms with Gasteiger partial charge in [-0.15, -0.1) is 0 Å². The van der Waals surface area contributed by atoms with Gasteiger partial charge in [0.2, 0.25) is 0 Å². The van der Waals surface area contributed by atoms with Crippen LogP contribution in [0.15, 0.2) is 17.9 Å². The first-order valence-electron chi connectivity index (χ1n) is 9.58. The standard InChI is InChI=1S/C21H30N2O4/c1-14-12-15(2)17(16(3)13-14)18-19(24)21(6-9-22(26)10-7-21)23(20(18)25)8-5-11-27-4/h12-13,24,26H,5-11H2,1-4H3. The molecule has 2 aliphatic rings. The summed E-state index contributed by atoms with van der Waals surface area (Å²) in [7, 11) is 1.64. The molecule has 1 spiro atoms. The maximum absolute atomic E-state index is 13.4. The number of hydrogen-bond acceptors (Lipinski definition) is 5. The van der Waals surface area contributed by atoms with Crippen LogP contribution in [0.4, 0.5) is 0 Å². The third-order valence-electron chi connectivity index (χ3n) is 5.88. The average molecular weight is 374 g/mol. The number of ether oxygens (including phenoxy) is 1. The van der Waals surface area contributed by atoms with Crippen molar-refractivity contribution in [2.24, 2.45) is 0 Å². The number of hydrogen-bond donors (Lipinski definition) is 2. The van der Waals surface area contributed by atoms with Gasteiger partial charge in [0.15, 0.2) is 0 Å². The van der Waals surface area contributed by atoms with Crippen LogP contribution in [0.2, 0.25) is 0 Å². The van der Waals surface area contributed by atoms with Crippen molar-refractivity contribution in [3.8, 4) is 0 Å². The number of rotatable bonds is 5. The first-order chi connectivity index (χ1) is 12.8. The van der Waals surface area contributed by atoms with Crippen molar-refractivity contribution in [3.05, 3.63) is 40.1 Å². The highest BCUT2D eigenvalue weighted by Crippen LogP contribution is 2.46. The van der Waals surface area contributed by atoms with Gasteiger partial charge in [-0.1, -0.05) is 17.7 Å². The maximum atomic E-state index is 13.4. The van der Waals surface area contributed by atoms with Gasteiger partial charge in [0.25, 0.3) is 5.91 Å². The fourth-order valence-corrected chi connectivity index (χ4v) is 4.64. The van der Waals surface area contributed by atoms with Gasteiger partial charge >= 0.3 is 0 Å². The van der Waals surface area contributed by atoms with Crippen molar-refractivity contribution < 1.29 is 19.8 Å². The normalized spacial score (nSPS) is 20.2. The molecule has 1 amide bonds. The van der Waals surface area contributed by atoms with E-state index in [9.17, 15) is 15.1 Å². The van der Waals surface area contributed by atoms with Crippen LogP contribution in [0.5, 0.6) is 0 Å². The van der Waals surface area contributed by atoms with Crippen LogP contribution in [-0.2, 0) is 9.53 Å². The molecule has 1 saturated heterocycles. The van der Waals surface area contributed by atoms with E-state index in [1.165, 1.54) is 5.06 Å². The minimum atomic E-state index is -0.733. The Kier molecular flexibility index (Phi) is 5.60. The van der Waals surface area contributed by atoms with Gasteiger partial charge < -0.3 is 20.0 Å². The molecule has 6 nitrogen and oxygen atoms in total. The van der Waals surface area contributed by atoms with Crippen LogP contribution in [-0.4, -0.2) is 65.1 Å². The molecule has 1 aromatic carbocycles. The number of carbonyl (C=O) groups is 1. The molecular formula is C21H30N2O4. The summed E-state index contributed by atoms with van der Waals surface area (Å²) in [5.74, 6) is 0.0399. The van der Waals surface area contributed by atoms with E-state index in [4.69, 9.17) is 4.74 Å². The Morgan fingerprint density at radius 1 is 1.15 bits per heavy atom. The molecule has 0 aromatic heterocycles. The van der Waals surface area contributed by atoms with E-state index in [0.29, 0.717) is 51.1 Å². The Balaban J connectivity index is 2.08. The Morgan fingerprint density at radius 3 is 2.30 bits per heavy atom. The highest BCUT2D eigenvalue weighted by atomic mass is 16.5. The Labute approximate surface area is 161 Å². The van der Waals surface area contributed by atoms with Crippen LogP contribution < -0.4 is 0 Å². The van der Waals surface area contributed by atoms with Crippen molar-refractivity contribution in [3.63, 3.8) is 0 Å². The molecule has 0 unspecified atom stereocenters. The molecule has 27 heavy (non-hydrogen) atoms. The molecule has 0 radical (unpaired) electrons. The van der Waals surface area contributed by atoms with Crippen molar-refractivity contribution in [2.75, 3.05) is 33.4 Å². The molecule has 0 saturated carbocycles. The largest absolute Gasteiger partial charge is 0.509 e. The Bertz CT molecular complexity index is 740. The lowest BCUT2D eigenvalue weighted by Gasteiger charge is -2.43. The predicted octanol–water partition coefficient (Wildman–Crippen LogP) is 2.98. The highest BCUT2D eigenvalue weighted by Gasteiger charge is 2.53. The quantitative estimate of drug-likeness (QED) is 0.775. The van der Waals surface area contributed by atoms with Gasteiger partial charge in [0.1, 0.15) is 11.3 Å². The van der Waals surface area contributed by atoms with E-state index in [1.807, 2.05) is 37.8 Å². The maximum Gasteiger partial charge on any atom is 0.258 e. The number of aliphatic hydroxyl groups is 1. The molecule has 0 bridgehead atoms.